The maximum Gasteiger partial charge on any atom is 0.326 e. The van der Waals surface area contributed by atoms with Crippen LogP contribution in [-0.2, 0) is 24.0 Å². The fraction of sp³-hybridized carbons (Fsp3) is 0.643. The molecule has 25 heavy (non-hydrogen) atoms. The van der Waals surface area contributed by atoms with Crippen molar-refractivity contribution in [2.75, 3.05) is 0 Å². The third-order valence-corrected chi connectivity index (χ3v) is 3.29. The molecule has 3 atom stereocenters. The van der Waals surface area contributed by atoms with Gasteiger partial charge in [0.25, 0.3) is 0 Å². The van der Waals surface area contributed by atoms with Gasteiger partial charge in [0, 0.05) is 13.3 Å². The summed E-state index contributed by atoms with van der Waals surface area (Å²) in [6.45, 7) is 1.14. The molecule has 0 heterocycles. The van der Waals surface area contributed by atoms with Crippen molar-refractivity contribution in [2.45, 2.75) is 57.2 Å². The molecule has 0 aromatic carbocycles. The van der Waals surface area contributed by atoms with Gasteiger partial charge in [-0.1, -0.05) is 0 Å². The van der Waals surface area contributed by atoms with Crippen LogP contribution < -0.4 is 16.4 Å². The van der Waals surface area contributed by atoms with Gasteiger partial charge in [0.05, 0.1) is 0 Å². The van der Waals surface area contributed by atoms with E-state index >= 15 is 0 Å². The standard InChI is InChI=1S/C14H23N3O8/c1-7(18)16-10(14(24)25)5-6-11(19)17-9(13(22)23)4-2-3-8(15)12(20)21/h8-10H,2-6,15H2,1H3,(H,16,18)(H,17,19)(H,20,21)(H,22,23)(H,24,25)/t8-,9+,10-/m0/s1. The Kier molecular flexibility index (Phi) is 9.79. The summed E-state index contributed by atoms with van der Waals surface area (Å²) in [5.41, 5.74) is 5.30. The summed E-state index contributed by atoms with van der Waals surface area (Å²) in [7, 11) is 0. The van der Waals surface area contributed by atoms with Gasteiger partial charge in [-0.25, -0.2) is 9.59 Å². The van der Waals surface area contributed by atoms with Crippen molar-refractivity contribution in [1.82, 2.24) is 10.6 Å². The average Bonchev–Trinajstić information content (AvgIpc) is 2.49. The van der Waals surface area contributed by atoms with Gasteiger partial charge in [-0.05, 0) is 25.7 Å². The van der Waals surface area contributed by atoms with E-state index in [1.807, 2.05) is 0 Å². The average molecular weight is 361 g/mol. The molecular formula is C14H23N3O8. The molecular weight excluding hydrogens is 338 g/mol. The molecule has 2 amide bonds. The molecule has 11 heteroatoms. The molecule has 0 aromatic rings. The molecule has 7 N–H and O–H groups in total. The van der Waals surface area contributed by atoms with Crippen LogP contribution in [0.1, 0.15) is 39.0 Å². The first-order valence-electron chi connectivity index (χ1n) is 7.55. The lowest BCUT2D eigenvalue weighted by Gasteiger charge is -2.16. The first kappa shape index (κ1) is 22.3. The SMILES string of the molecule is CC(=O)N[C@@H](CCC(=O)N[C@H](CCC[C@H](N)C(=O)O)C(=O)O)C(=O)O. The molecule has 0 saturated carbocycles. The van der Waals surface area contributed by atoms with Gasteiger partial charge < -0.3 is 31.7 Å². The molecule has 0 unspecified atom stereocenters. The third kappa shape index (κ3) is 9.91. The van der Waals surface area contributed by atoms with Gasteiger partial charge in [0.2, 0.25) is 11.8 Å². The van der Waals surface area contributed by atoms with Crippen LogP contribution in [0.5, 0.6) is 0 Å². The first-order valence-corrected chi connectivity index (χ1v) is 7.55. The van der Waals surface area contributed by atoms with Gasteiger partial charge in [-0.2, -0.15) is 0 Å². The smallest absolute Gasteiger partial charge is 0.326 e. The predicted octanol–water partition coefficient (Wildman–Crippen LogP) is -1.49. The lowest BCUT2D eigenvalue weighted by molar-refractivity contribution is -0.143. The maximum absolute atomic E-state index is 11.8. The van der Waals surface area contributed by atoms with Crippen molar-refractivity contribution >= 4 is 29.7 Å². The second-order valence-electron chi connectivity index (χ2n) is 5.46. The summed E-state index contributed by atoms with van der Waals surface area (Å²) in [5, 5.41) is 31.0. The zero-order valence-electron chi connectivity index (χ0n) is 13.7. The highest BCUT2D eigenvalue weighted by Crippen LogP contribution is 2.06. The maximum atomic E-state index is 11.8. The fourth-order valence-electron chi connectivity index (χ4n) is 1.97. The van der Waals surface area contributed by atoms with E-state index in [4.69, 9.17) is 21.1 Å². The van der Waals surface area contributed by atoms with E-state index in [0.29, 0.717) is 0 Å². The zero-order chi connectivity index (χ0) is 19.6. The van der Waals surface area contributed by atoms with Gasteiger partial charge >= 0.3 is 17.9 Å². The van der Waals surface area contributed by atoms with E-state index < -0.39 is 47.8 Å². The van der Waals surface area contributed by atoms with E-state index in [1.165, 1.54) is 0 Å². The summed E-state index contributed by atoms with van der Waals surface area (Å²) in [4.78, 5) is 55.3. The van der Waals surface area contributed by atoms with Crippen LogP contribution in [0.15, 0.2) is 0 Å². The summed E-state index contributed by atoms with van der Waals surface area (Å²) >= 11 is 0. The van der Waals surface area contributed by atoms with Crippen LogP contribution in [0, 0.1) is 0 Å². The zero-order valence-corrected chi connectivity index (χ0v) is 13.7. The molecule has 0 aliphatic rings. The monoisotopic (exact) mass is 361 g/mol. The number of hydrogen-bond acceptors (Lipinski definition) is 6. The molecule has 142 valence electrons. The van der Waals surface area contributed by atoms with Crippen LogP contribution in [0.2, 0.25) is 0 Å². The largest absolute Gasteiger partial charge is 0.480 e. The van der Waals surface area contributed by atoms with Crippen molar-refractivity contribution < 1.29 is 39.3 Å². The number of carbonyl (C=O) groups is 5. The van der Waals surface area contributed by atoms with Gasteiger partial charge in [0.1, 0.15) is 18.1 Å². The molecule has 0 aliphatic carbocycles. The third-order valence-electron chi connectivity index (χ3n) is 3.29. The van der Waals surface area contributed by atoms with Crippen LogP contribution >= 0.6 is 0 Å². The minimum absolute atomic E-state index is 0.0177. The first-order chi connectivity index (χ1) is 11.5. The molecule has 0 radical (unpaired) electrons. The summed E-state index contributed by atoms with van der Waals surface area (Å²) in [6.07, 6.45) is -0.282. The second kappa shape index (κ2) is 11.0. The van der Waals surface area contributed by atoms with Gasteiger partial charge in [-0.3, -0.25) is 14.4 Å². The number of nitrogens with two attached hydrogens (primary N) is 1. The van der Waals surface area contributed by atoms with Crippen LogP contribution in [0.4, 0.5) is 0 Å². The molecule has 0 aliphatic heterocycles. The summed E-state index contributed by atoms with van der Waals surface area (Å²) < 4.78 is 0. The Hall–Kier alpha value is -2.69. The number of carboxylic acids is 3. The van der Waals surface area contributed by atoms with Crippen LogP contribution in [-0.4, -0.2) is 63.2 Å². The molecule has 0 rings (SSSR count). The molecule has 0 spiro atoms. The fourth-order valence-corrected chi connectivity index (χ4v) is 1.97. The Morgan fingerprint density at radius 2 is 1.36 bits per heavy atom. The number of rotatable bonds is 12. The minimum Gasteiger partial charge on any atom is -0.480 e. The molecule has 0 bridgehead atoms. The number of carboxylic acid groups (broad SMARTS) is 3. The number of amides is 2. The van der Waals surface area contributed by atoms with Gasteiger partial charge in [0.15, 0.2) is 0 Å². The topological polar surface area (TPSA) is 196 Å². The summed E-state index contributed by atoms with van der Waals surface area (Å²) in [5.74, 6) is -5.06. The summed E-state index contributed by atoms with van der Waals surface area (Å²) in [6, 6.07) is -3.60. The van der Waals surface area contributed by atoms with E-state index in [9.17, 15) is 24.0 Å². The Morgan fingerprint density at radius 1 is 0.840 bits per heavy atom. The number of aliphatic carboxylic acids is 3. The number of carbonyl (C=O) groups excluding carboxylic acids is 2. The predicted molar refractivity (Wildman–Crippen MR) is 83.5 cm³/mol. The Bertz CT molecular complexity index is 522. The van der Waals surface area contributed by atoms with Crippen molar-refractivity contribution in [1.29, 1.82) is 0 Å². The van der Waals surface area contributed by atoms with Crippen molar-refractivity contribution in [2.24, 2.45) is 5.73 Å². The molecule has 0 saturated heterocycles. The molecule has 11 nitrogen and oxygen atoms in total. The number of nitrogens with one attached hydrogen (secondary N) is 2. The molecule has 0 fully saturated rings. The number of hydrogen-bond donors (Lipinski definition) is 6. The van der Waals surface area contributed by atoms with Crippen molar-refractivity contribution in [3.8, 4) is 0 Å². The normalized spacial score (nSPS) is 14.0. The highest BCUT2D eigenvalue weighted by molar-refractivity contribution is 5.85. The van der Waals surface area contributed by atoms with Crippen LogP contribution in [0.3, 0.4) is 0 Å². The highest BCUT2D eigenvalue weighted by Gasteiger charge is 2.23. The Morgan fingerprint density at radius 3 is 1.80 bits per heavy atom. The van der Waals surface area contributed by atoms with Crippen molar-refractivity contribution in [3.63, 3.8) is 0 Å². The highest BCUT2D eigenvalue weighted by atomic mass is 16.4. The minimum atomic E-state index is -1.31. The Balaban J connectivity index is 4.44. The lowest BCUT2D eigenvalue weighted by atomic mass is 10.1. The van der Waals surface area contributed by atoms with Crippen LogP contribution in [0.25, 0.3) is 0 Å². The molecule has 0 aromatic heterocycles. The van der Waals surface area contributed by atoms with E-state index in [-0.39, 0.29) is 32.1 Å². The quantitative estimate of drug-likeness (QED) is 0.240. The van der Waals surface area contributed by atoms with Crippen molar-refractivity contribution in [3.05, 3.63) is 0 Å². The lowest BCUT2D eigenvalue weighted by Crippen LogP contribution is -2.43. The Labute approximate surface area is 143 Å². The van der Waals surface area contributed by atoms with E-state index in [2.05, 4.69) is 10.6 Å². The van der Waals surface area contributed by atoms with E-state index in [0.717, 1.165) is 6.92 Å². The van der Waals surface area contributed by atoms with Gasteiger partial charge in [-0.15, -0.1) is 0 Å². The second-order valence-corrected chi connectivity index (χ2v) is 5.46. The van der Waals surface area contributed by atoms with E-state index in [1.54, 1.807) is 0 Å².